The first-order chi connectivity index (χ1) is 11.6. The fourth-order valence-electron chi connectivity index (χ4n) is 3.61. The molecule has 0 saturated carbocycles. The van der Waals surface area contributed by atoms with Gasteiger partial charge in [0.1, 0.15) is 5.25 Å². The van der Waals surface area contributed by atoms with E-state index in [0.29, 0.717) is 10.2 Å². The zero-order valence-corrected chi connectivity index (χ0v) is 14.9. The van der Waals surface area contributed by atoms with Crippen LogP contribution < -0.4 is 0 Å². The first kappa shape index (κ1) is 15.9. The Bertz CT molecular complexity index is 785. The fourth-order valence-corrected chi connectivity index (χ4v) is 4.80. The number of halogens is 1. The maximum Gasteiger partial charge on any atom is 0.250 e. The lowest BCUT2D eigenvalue weighted by molar-refractivity contribution is -0.131. The van der Waals surface area contributed by atoms with Gasteiger partial charge in [-0.3, -0.25) is 14.5 Å². The van der Waals surface area contributed by atoms with Crippen LogP contribution in [0, 0.1) is 0 Å². The minimum atomic E-state index is -0.667. The van der Waals surface area contributed by atoms with Gasteiger partial charge in [0.05, 0.1) is 6.04 Å². The molecule has 1 amide bonds. The number of ketones is 1. The number of rotatable bonds is 2. The predicted molar refractivity (Wildman–Crippen MR) is 96.0 cm³/mol. The molecule has 4 rings (SSSR count). The molecule has 2 aliphatic heterocycles. The first-order valence-electron chi connectivity index (χ1n) is 8.12. The average molecular weight is 361 g/mol. The summed E-state index contributed by atoms with van der Waals surface area (Å²) < 4.78 is 0. The Morgan fingerprint density at radius 1 is 1.25 bits per heavy atom. The number of thioether (sulfide) groups is 1. The van der Waals surface area contributed by atoms with Gasteiger partial charge in [0.25, 0.3) is 5.91 Å². The smallest absolute Gasteiger partial charge is 0.250 e. The van der Waals surface area contributed by atoms with Crippen molar-refractivity contribution in [3.8, 4) is 0 Å². The number of carbonyl (C=O) groups excluding carboxylic acids is 2. The molecule has 1 fully saturated rings. The number of nitrogens with zero attached hydrogens (tertiary/aromatic N) is 2. The van der Waals surface area contributed by atoms with Gasteiger partial charge in [-0.05, 0) is 55.9 Å². The molecule has 0 spiro atoms. The van der Waals surface area contributed by atoms with Crippen molar-refractivity contribution >= 4 is 40.2 Å². The van der Waals surface area contributed by atoms with E-state index < -0.39 is 5.25 Å². The van der Waals surface area contributed by atoms with Gasteiger partial charge in [-0.25, -0.2) is 4.99 Å². The maximum absolute atomic E-state index is 12.9. The third-order valence-electron chi connectivity index (χ3n) is 4.75. The number of amides is 1. The Hall–Kier alpha value is -1.59. The lowest BCUT2D eigenvalue weighted by atomic mass is 9.86. The molecule has 1 aromatic carbocycles. The third-order valence-corrected chi connectivity index (χ3v) is 6.27. The topological polar surface area (TPSA) is 49.7 Å². The summed E-state index contributed by atoms with van der Waals surface area (Å²) in [4.78, 5) is 31.2. The van der Waals surface area contributed by atoms with Crippen LogP contribution in [0.15, 0.2) is 40.5 Å². The third kappa shape index (κ3) is 2.50. The Morgan fingerprint density at radius 3 is 2.67 bits per heavy atom. The van der Waals surface area contributed by atoms with Gasteiger partial charge >= 0.3 is 0 Å². The van der Waals surface area contributed by atoms with E-state index in [2.05, 4.69) is 0 Å². The molecule has 0 unspecified atom stereocenters. The van der Waals surface area contributed by atoms with E-state index in [-0.39, 0.29) is 17.7 Å². The van der Waals surface area contributed by atoms with E-state index in [1.54, 1.807) is 4.90 Å². The zero-order valence-electron chi connectivity index (χ0n) is 13.3. The van der Waals surface area contributed by atoms with Gasteiger partial charge < -0.3 is 0 Å². The summed E-state index contributed by atoms with van der Waals surface area (Å²) in [6.45, 7) is 1.47. The molecule has 0 aromatic heterocycles. The highest BCUT2D eigenvalue weighted by molar-refractivity contribution is 8.16. The summed E-state index contributed by atoms with van der Waals surface area (Å²) in [6.07, 6.45) is 4.12. The lowest BCUT2D eigenvalue weighted by Crippen LogP contribution is -2.40. The molecule has 1 aliphatic carbocycles. The second-order valence-corrected chi connectivity index (χ2v) is 7.85. The van der Waals surface area contributed by atoms with Crippen LogP contribution in [0.1, 0.15) is 44.2 Å². The number of Topliss-reactive ketones (excluding diaryl/α,β-unsaturated/α-hetero) is 1. The summed E-state index contributed by atoms with van der Waals surface area (Å²) in [6, 6.07) is 7.47. The number of carbonyl (C=O) groups is 2. The highest BCUT2D eigenvalue weighted by Gasteiger charge is 2.48. The molecule has 124 valence electrons. The highest BCUT2D eigenvalue weighted by Crippen LogP contribution is 2.47. The van der Waals surface area contributed by atoms with Crippen LogP contribution >= 0.6 is 23.4 Å². The Balaban J connectivity index is 1.83. The number of fused-ring (bicyclic) bond motifs is 1. The number of hydrogen-bond acceptors (Lipinski definition) is 4. The Morgan fingerprint density at radius 2 is 1.96 bits per heavy atom. The number of amidine groups is 1. The van der Waals surface area contributed by atoms with E-state index in [4.69, 9.17) is 16.6 Å². The normalized spacial score (nSPS) is 26.2. The highest BCUT2D eigenvalue weighted by atomic mass is 35.5. The van der Waals surface area contributed by atoms with Crippen molar-refractivity contribution < 1.29 is 9.59 Å². The van der Waals surface area contributed by atoms with Gasteiger partial charge in [0.2, 0.25) is 0 Å². The van der Waals surface area contributed by atoms with Crippen molar-refractivity contribution in [1.82, 2.24) is 4.90 Å². The van der Waals surface area contributed by atoms with Gasteiger partial charge in [-0.1, -0.05) is 35.5 Å². The molecule has 1 saturated heterocycles. The molecule has 0 radical (unpaired) electrons. The number of benzene rings is 1. The number of hydrogen-bond donors (Lipinski definition) is 0. The van der Waals surface area contributed by atoms with Crippen molar-refractivity contribution in [3.63, 3.8) is 0 Å². The molecule has 2 atom stereocenters. The van der Waals surface area contributed by atoms with Crippen molar-refractivity contribution in [2.75, 3.05) is 0 Å². The summed E-state index contributed by atoms with van der Waals surface area (Å²) >= 11 is 7.31. The standard InChI is InChI=1S/C18H17ClN2O2S/c1-10(22)16-17(23)21-15(11-6-8-12(19)9-7-11)13-4-2-3-5-14(13)20-18(21)24-16/h6-9,15-16H,2-5H2,1H3/t15-,16+/m1/s1. The molecule has 24 heavy (non-hydrogen) atoms. The molecular weight excluding hydrogens is 344 g/mol. The summed E-state index contributed by atoms with van der Waals surface area (Å²) in [5, 5.41) is 0.672. The average Bonchev–Trinajstić information content (AvgIpc) is 2.90. The van der Waals surface area contributed by atoms with Crippen LogP contribution in [0.2, 0.25) is 5.02 Å². The summed E-state index contributed by atoms with van der Waals surface area (Å²) in [5.74, 6) is -0.266. The SMILES string of the molecule is CC(=O)[C@@H]1SC2=NC3=C(CCCC3)[C@@H](c3ccc(Cl)cc3)N2C1=O. The summed E-state index contributed by atoms with van der Waals surface area (Å²) in [5.41, 5.74) is 3.33. The van der Waals surface area contributed by atoms with E-state index in [1.807, 2.05) is 24.3 Å². The predicted octanol–water partition coefficient (Wildman–Crippen LogP) is 4.11. The van der Waals surface area contributed by atoms with Gasteiger partial charge in [0.15, 0.2) is 11.0 Å². The van der Waals surface area contributed by atoms with Crippen LogP contribution in [0.3, 0.4) is 0 Å². The molecule has 4 nitrogen and oxygen atoms in total. The van der Waals surface area contributed by atoms with Crippen LogP contribution in [0.5, 0.6) is 0 Å². The van der Waals surface area contributed by atoms with Crippen LogP contribution in [0.25, 0.3) is 0 Å². The lowest BCUT2D eigenvalue weighted by Gasteiger charge is -2.36. The number of allylic oxidation sites excluding steroid dienone is 1. The van der Waals surface area contributed by atoms with Crippen molar-refractivity contribution in [3.05, 3.63) is 46.1 Å². The molecule has 1 aromatic rings. The molecular formula is C18H17ClN2O2S. The second-order valence-electron chi connectivity index (χ2n) is 6.34. The van der Waals surface area contributed by atoms with Crippen LogP contribution in [-0.2, 0) is 9.59 Å². The van der Waals surface area contributed by atoms with E-state index in [0.717, 1.165) is 36.9 Å². The minimum absolute atomic E-state index is 0.116. The van der Waals surface area contributed by atoms with E-state index in [9.17, 15) is 9.59 Å². The first-order valence-corrected chi connectivity index (χ1v) is 9.38. The fraction of sp³-hybridized carbons (Fsp3) is 0.389. The van der Waals surface area contributed by atoms with Gasteiger partial charge in [0, 0.05) is 10.7 Å². The van der Waals surface area contributed by atoms with Crippen LogP contribution in [0.4, 0.5) is 0 Å². The Kier molecular flexibility index (Phi) is 4.01. The van der Waals surface area contributed by atoms with Gasteiger partial charge in [-0.2, -0.15) is 0 Å². The van der Waals surface area contributed by atoms with Gasteiger partial charge in [-0.15, -0.1) is 0 Å². The van der Waals surface area contributed by atoms with E-state index >= 15 is 0 Å². The zero-order chi connectivity index (χ0) is 16.8. The maximum atomic E-state index is 12.9. The minimum Gasteiger partial charge on any atom is -0.298 e. The second kappa shape index (κ2) is 6.05. The van der Waals surface area contributed by atoms with Crippen LogP contribution in [-0.4, -0.2) is 27.0 Å². The van der Waals surface area contributed by atoms with Crippen molar-refractivity contribution in [1.29, 1.82) is 0 Å². The molecule has 3 aliphatic rings. The van der Waals surface area contributed by atoms with E-state index in [1.165, 1.54) is 24.3 Å². The Labute approximate surface area is 150 Å². The quantitative estimate of drug-likeness (QED) is 0.746. The largest absolute Gasteiger partial charge is 0.298 e. The molecule has 0 N–H and O–H groups in total. The monoisotopic (exact) mass is 360 g/mol. The van der Waals surface area contributed by atoms with Crippen molar-refractivity contribution in [2.24, 2.45) is 4.99 Å². The summed E-state index contributed by atoms with van der Waals surface area (Å²) in [7, 11) is 0. The molecule has 2 heterocycles. The number of aliphatic imine (C=N–C) groups is 1. The molecule has 0 bridgehead atoms. The molecule has 6 heteroatoms. The van der Waals surface area contributed by atoms with Crippen molar-refractivity contribution in [2.45, 2.75) is 43.9 Å².